The van der Waals surface area contributed by atoms with E-state index >= 15 is 4.79 Å². The average molecular weight is 761 g/mol. The van der Waals surface area contributed by atoms with Crippen LogP contribution in [0, 0.1) is 85.3 Å². The fraction of sp³-hybridized carbons (Fsp3) is 0.740. The van der Waals surface area contributed by atoms with Crippen LogP contribution in [0.15, 0.2) is 35.9 Å². The predicted octanol–water partition coefficient (Wildman–Crippen LogP) is 5.59. The largest absolute Gasteiger partial charge is 0.394 e. The molecule has 11 aliphatic rings. The summed E-state index contributed by atoms with van der Waals surface area (Å²) in [6, 6.07) is 8.62. The normalized spacial score (nSPS) is 53.3. The molecule has 3 spiro atoms. The number of fused-ring (bicyclic) bond motifs is 7. The summed E-state index contributed by atoms with van der Waals surface area (Å²) < 4.78 is 0. The van der Waals surface area contributed by atoms with Crippen molar-refractivity contribution in [1.82, 2.24) is 0 Å². The molecule has 0 radical (unpaired) electrons. The lowest BCUT2D eigenvalue weighted by atomic mass is 9.25. The number of hydrogen-bond acceptors (Lipinski definition) is 6. The van der Waals surface area contributed by atoms with Crippen LogP contribution >= 0.6 is 0 Å². The Hall–Kier alpha value is -2.27. The van der Waals surface area contributed by atoms with Crippen LogP contribution in [0.25, 0.3) is 12.2 Å². The molecule has 1 aromatic rings. The highest BCUT2D eigenvalue weighted by molar-refractivity contribution is 5.96. The number of aliphatic hydroxyl groups excluding tert-OH is 4. The van der Waals surface area contributed by atoms with E-state index in [0.29, 0.717) is 25.7 Å². The molecule has 0 amide bonds. The average Bonchev–Trinajstić information content (AvgIpc) is 3.64. The maximum atomic E-state index is 16.1. The van der Waals surface area contributed by atoms with E-state index in [0.717, 1.165) is 77.0 Å². The molecule has 0 aliphatic heterocycles. The maximum absolute atomic E-state index is 16.1. The molecule has 7 fully saturated rings. The second-order valence-electron chi connectivity index (χ2n) is 22.2. The van der Waals surface area contributed by atoms with Crippen molar-refractivity contribution >= 4 is 17.9 Å². The van der Waals surface area contributed by atoms with E-state index in [9.17, 15) is 25.5 Å². The van der Waals surface area contributed by atoms with Gasteiger partial charge in [-0.2, -0.15) is 0 Å². The Kier molecular flexibility index (Phi) is 7.56. The summed E-state index contributed by atoms with van der Waals surface area (Å²) in [5, 5.41) is 63.8. The van der Waals surface area contributed by atoms with E-state index in [1.54, 1.807) is 0 Å². The lowest BCUT2D eigenvalue weighted by Crippen LogP contribution is -2.80. The van der Waals surface area contributed by atoms with Crippen molar-refractivity contribution in [3.05, 3.63) is 46.4 Å². The number of aliphatic hydroxyl groups is 5. The molecule has 6 nitrogen and oxygen atoms in total. The molecule has 56 heavy (non-hydrogen) atoms. The molecular weight excluding hydrogens is 697 g/mol. The number of carbonyl (C=O) groups is 1. The van der Waals surface area contributed by atoms with Gasteiger partial charge in [0.25, 0.3) is 0 Å². The Bertz CT molecular complexity index is 2100. The lowest BCUT2D eigenvalue weighted by molar-refractivity contribution is -0.321. The van der Waals surface area contributed by atoms with E-state index < -0.39 is 57.6 Å². The minimum absolute atomic E-state index is 0.00175. The molecule has 0 saturated heterocycles. The molecule has 300 valence electrons. The van der Waals surface area contributed by atoms with Crippen LogP contribution in [0.5, 0.6) is 0 Å². The Labute approximate surface area is 332 Å². The summed E-state index contributed by atoms with van der Waals surface area (Å²) in [5.74, 6) is 6.65. The van der Waals surface area contributed by atoms with Crippen molar-refractivity contribution in [2.24, 2.45) is 73.4 Å². The van der Waals surface area contributed by atoms with E-state index in [-0.39, 0.29) is 52.1 Å². The molecule has 7 saturated carbocycles. The monoisotopic (exact) mass is 760 g/mol. The van der Waals surface area contributed by atoms with Crippen molar-refractivity contribution in [1.29, 1.82) is 0 Å². The van der Waals surface area contributed by atoms with E-state index in [1.807, 2.05) is 6.92 Å². The van der Waals surface area contributed by atoms with Crippen molar-refractivity contribution in [2.75, 3.05) is 6.61 Å². The molecule has 1 aromatic carbocycles. The van der Waals surface area contributed by atoms with Crippen LogP contribution in [-0.4, -0.2) is 61.8 Å². The molecule has 16 atom stereocenters. The third kappa shape index (κ3) is 3.90. The first kappa shape index (κ1) is 36.8. The molecule has 6 heteroatoms. The molecule has 0 aromatic heterocycles. The van der Waals surface area contributed by atoms with Gasteiger partial charge in [-0.1, -0.05) is 81.5 Å². The van der Waals surface area contributed by atoms with Crippen LogP contribution < -0.4 is 10.4 Å². The number of rotatable bonds is 2. The quantitative estimate of drug-likeness (QED) is 0.251. The zero-order valence-electron chi connectivity index (χ0n) is 33.9. The van der Waals surface area contributed by atoms with Gasteiger partial charge in [0.05, 0.1) is 24.9 Å². The summed E-state index contributed by atoms with van der Waals surface area (Å²) in [7, 11) is 0. The number of ketones is 1. The molecule has 5 N–H and O–H groups in total. The topological polar surface area (TPSA) is 118 Å². The van der Waals surface area contributed by atoms with Crippen molar-refractivity contribution in [2.45, 2.75) is 147 Å². The Morgan fingerprint density at radius 2 is 1.62 bits per heavy atom. The van der Waals surface area contributed by atoms with Gasteiger partial charge in [0.2, 0.25) is 0 Å². The molecule has 0 unspecified atom stereocenters. The number of carbonyl (C=O) groups excluding carboxylic acids is 1. The molecule has 12 rings (SSSR count). The fourth-order valence-electron chi connectivity index (χ4n) is 19.1. The van der Waals surface area contributed by atoms with Gasteiger partial charge in [-0.25, -0.2) is 0 Å². The molecule has 5 bridgehead atoms. The van der Waals surface area contributed by atoms with Gasteiger partial charge >= 0.3 is 0 Å². The van der Waals surface area contributed by atoms with Crippen molar-refractivity contribution in [3.63, 3.8) is 0 Å². The minimum Gasteiger partial charge on any atom is -0.394 e. The zero-order chi connectivity index (χ0) is 38.9. The highest BCUT2D eigenvalue weighted by Gasteiger charge is 2.84. The summed E-state index contributed by atoms with van der Waals surface area (Å²) in [5.41, 5.74) is -3.61. The Balaban J connectivity index is 1.19. The van der Waals surface area contributed by atoms with Gasteiger partial charge < -0.3 is 25.5 Å². The minimum atomic E-state index is -1.31. The maximum Gasteiger partial charge on any atom is 0.159 e. The fourth-order valence-corrected chi connectivity index (χ4v) is 19.1. The predicted molar refractivity (Wildman–Crippen MR) is 214 cm³/mol. The van der Waals surface area contributed by atoms with Gasteiger partial charge in [0.1, 0.15) is 5.60 Å². The molecule has 0 heterocycles. The third-order valence-electron chi connectivity index (χ3n) is 20.9. The second-order valence-corrected chi connectivity index (χ2v) is 22.2. The summed E-state index contributed by atoms with van der Waals surface area (Å²) >= 11 is 0. The smallest absolute Gasteiger partial charge is 0.159 e. The number of hydrogen-bond donors (Lipinski definition) is 5. The van der Waals surface area contributed by atoms with Crippen LogP contribution in [0.3, 0.4) is 0 Å². The standard InChI is InChI=1S/C50H64O6/c1-43-16-6-9-19-48(56)22-13-33-42(55)50(48,46(29-43)17-7-8-18-46)36(27-43)35-26-37(52)41-47(45(33,35)3)20-12-32-24-30-10-4-5-11-31(30)25-34(32)49(41)23-15-39(53)44(2,40(54)28-51)38(49)14-21-47/h4-5,10-11,24-26,32-34,36,38-42,51,53-56H,6-8,12-18,20-23,27-29H2,1-3H3/t32-,33-,34-,36-,38-,39+,40-,41+,42+,43-,44+,45-,47-,48-,49-,50-/m1/s1. The summed E-state index contributed by atoms with van der Waals surface area (Å²) in [6.45, 7) is 6.50. The SMILES string of the molecule is C[C@@]12CCC#C[C@@]3(O)CC[C@@H]4[C@H](O)[C@]3([C@H](C1)C1=CC(=O)[C@@H]3[C@@]56CC[C@H](O)[C@@](C)([C@H](O)CO)[C@H]5CC[C@@]3(CC[C@@H]3C=c5ccccc5=C[C@H]36)[C@@]14C)C1(CCCC1)C2. The Morgan fingerprint density at radius 3 is 2.38 bits per heavy atom. The first-order valence-corrected chi connectivity index (χ1v) is 22.6. The van der Waals surface area contributed by atoms with Crippen LogP contribution in [-0.2, 0) is 4.79 Å². The van der Waals surface area contributed by atoms with Gasteiger partial charge in [0, 0.05) is 28.6 Å². The third-order valence-corrected chi connectivity index (χ3v) is 20.9. The lowest BCUT2D eigenvalue weighted by Gasteiger charge is -2.79. The number of benzene rings is 1. The molecule has 11 aliphatic carbocycles. The summed E-state index contributed by atoms with van der Waals surface area (Å²) in [6.07, 6.45) is 18.0. The van der Waals surface area contributed by atoms with Crippen LogP contribution in [0.2, 0.25) is 0 Å². The van der Waals surface area contributed by atoms with Gasteiger partial charge in [0.15, 0.2) is 5.78 Å². The van der Waals surface area contributed by atoms with Crippen LogP contribution in [0.1, 0.15) is 124 Å². The summed E-state index contributed by atoms with van der Waals surface area (Å²) in [4.78, 5) is 16.1. The van der Waals surface area contributed by atoms with E-state index in [1.165, 1.54) is 16.0 Å². The van der Waals surface area contributed by atoms with Gasteiger partial charge in [-0.3, -0.25) is 4.79 Å². The molecular formula is C50H64O6. The first-order valence-electron chi connectivity index (χ1n) is 22.6. The second kappa shape index (κ2) is 11.5. The highest BCUT2D eigenvalue weighted by atomic mass is 16.3. The van der Waals surface area contributed by atoms with E-state index in [4.69, 9.17) is 0 Å². The zero-order valence-corrected chi connectivity index (χ0v) is 33.9. The van der Waals surface area contributed by atoms with E-state index in [2.05, 4.69) is 68.2 Å². The van der Waals surface area contributed by atoms with Crippen molar-refractivity contribution in [3.8, 4) is 11.8 Å². The first-order chi connectivity index (χ1) is 26.7. The van der Waals surface area contributed by atoms with Crippen molar-refractivity contribution < 1.29 is 30.3 Å². The highest BCUT2D eigenvalue weighted by Crippen LogP contribution is 2.85. The number of allylic oxidation sites excluding steroid dienone is 2. The Morgan fingerprint density at radius 1 is 0.893 bits per heavy atom. The van der Waals surface area contributed by atoms with Gasteiger partial charge in [-0.05, 0) is 151 Å². The van der Waals surface area contributed by atoms with Crippen LogP contribution in [0.4, 0.5) is 0 Å². The van der Waals surface area contributed by atoms with Gasteiger partial charge in [-0.15, -0.1) is 5.92 Å².